The molecule has 0 saturated carbocycles. The van der Waals surface area contributed by atoms with Crippen molar-refractivity contribution < 1.29 is 19.2 Å². The third kappa shape index (κ3) is 3.07. The van der Waals surface area contributed by atoms with Crippen LogP contribution in [-0.2, 0) is 14.4 Å². The van der Waals surface area contributed by atoms with Crippen LogP contribution in [0.3, 0.4) is 0 Å². The summed E-state index contributed by atoms with van der Waals surface area (Å²) in [7, 11) is 1.55. The molecule has 2 aliphatic rings. The fourth-order valence-electron chi connectivity index (χ4n) is 4.45. The Bertz CT molecular complexity index is 1150. The SMILES string of the molecule is COc1cccc(N2C(=O)[C@@H]3[C@H](ON(c4ccccc4)[C@H]3c3ccccc3C)C2=O)c1. The zero-order chi connectivity index (χ0) is 21.5. The van der Waals surface area contributed by atoms with E-state index < -0.39 is 18.1 Å². The van der Waals surface area contributed by atoms with Crippen molar-refractivity contribution in [2.45, 2.75) is 19.1 Å². The fourth-order valence-corrected chi connectivity index (χ4v) is 4.45. The number of anilines is 2. The predicted octanol–water partition coefficient (Wildman–Crippen LogP) is 4.05. The van der Waals surface area contributed by atoms with Gasteiger partial charge in [0.2, 0.25) is 5.91 Å². The Kier molecular flexibility index (Phi) is 4.71. The van der Waals surface area contributed by atoms with Gasteiger partial charge in [0, 0.05) is 6.07 Å². The fraction of sp³-hybridized carbons (Fsp3) is 0.200. The molecule has 0 spiro atoms. The Labute approximate surface area is 180 Å². The molecule has 0 N–H and O–H groups in total. The zero-order valence-electron chi connectivity index (χ0n) is 17.3. The van der Waals surface area contributed by atoms with Gasteiger partial charge in [-0.15, -0.1) is 0 Å². The van der Waals surface area contributed by atoms with E-state index in [1.165, 1.54) is 4.90 Å². The molecule has 0 aromatic heterocycles. The predicted molar refractivity (Wildman–Crippen MR) is 117 cm³/mol. The Morgan fingerprint density at radius 2 is 1.55 bits per heavy atom. The number of carbonyl (C=O) groups is 2. The first-order valence-corrected chi connectivity index (χ1v) is 10.2. The Morgan fingerprint density at radius 3 is 2.29 bits per heavy atom. The van der Waals surface area contributed by atoms with Crippen LogP contribution in [0.4, 0.5) is 11.4 Å². The summed E-state index contributed by atoms with van der Waals surface area (Å²) in [6.45, 7) is 2.01. The van der Waals surface area contributed by atoms with E-state index in [-0.39, 0.29) is 11.8 Å². The molecule has 2 saturated heterocycles. The van der Waals surface area contributed by atoms with Crippen molar-refractivity contribution in [3.8, 4) is 5.75 Å². The number of amides is 2. The lowest BCUT2D eigenvalue weighted by molar-refractivity contribution is -0.126. The van der Waals surface area contributed by atoms with Crippen LogP contribution in [0.2, 0.25) is 0 Å². The lowest BCUT2D eigenvalue weighted by Gasteiger charge is -2.29. The molecule has 3 atom stereocenters. The van der Waals surface area contributed by atoms with Gasteiger partial charge >= 0.3 is 0 Å². The smallest absolute Gasteiger partial charge is 0.266 e. The normalized spacial score (nSPS) is 22.7. The van der Waals surface area contributed by atoms with Crippen LogP contribution in [0.25, 0.3) is 0 Å². The summed E-state index contributed by atoms with van der Waals surface area (Å²) < 4.78 is 5.27. The quantitative estimate of drug-likeness (QED) is 0.603. The lowest BCUT2D eigenvalue weighted by Crippen LogP contribution is -2.37. The number of fused-ring (bicyclic) bond motifs is 1. The third-order valence-electron chi connectivity index (χ3n) is 5.94. The van der Waals surface area contributed by atoms with Crippen molar-refractivity contribution in [1.29, 1.82) is 0 Å². The minimum atomic E-state index is -0.886. The number of hydrogen-bond donors (Lipinski definition) is 0. The van der Waals surface area contributed by atoms with Gasteiger partial charge in [0.1, 0.15) is 11.7 Å². The molecule has 156 valence electrons. The van der Waals surface area contributed by atoms with E-state index in [0.29, 0.717) is 11.4 Å². The number of ether oxygens (including phenoxy) is 1. The number of rotatable bonds is 4. The van der Waals surface area contributed by atoms with Gasteiger partial charge in [-0.25, -0.2) is 9.96 Å². The topological polar surface area (TPSA) is 59.1 Å². The summed E-state index contributed by atoms with van der Waals surface area (Å²) in [5.74, 6) is -0.701. The molecule has 0 aliphatic carbocycles. The molecular weight excluding hydrogens is 392 g/mol. The van der Waals surface area contributed by atoms with E-state index in [4.69, 9.17) is 9.57 Å². The number of hydroxylamine groups is 1. The minimum Gasteiger partial charge on any atom is -0.497 e. The number of aryl methyl sites for hydroxylation is 1. The summed E-state index contributed by atoms with van der Waals surface area (Å²) in [5.41, 5.74) is 3.30. The van der Waals surface area contributed by atoms with Crippen LogP contribution in [0.1, 0.15) is 17.2 Å². The van der Waals surface area contributed by atoms with E-state index in [9.17, 15) is 9.59 Å². The van der Waals surface area contributed by atoms with E-state index in [0.717, 1.165) is 16.8 Å². The molecule has 0 bridgehead atoms. The third-order valence-corrected chi connectivity index (χ3v) is 5.94. The summed E-state index contributed by atoms with van der Waals surface area (Å²) >= 11 is 0. The number of nitrogens with zero attached hydrogens (tertiary/aromatic N) is 2. The Balaban J connectivity index is 1.60. The second kappa shape index (κ2) is 7.56. The molecule has 3 aromatic carbocycles. The minimum absolute atomic E-state index is 0.269. The molecule has 0 radical (unpaired) electrons. The molecule has 5 rings (SSSR count). The largest absolute Gasteiger partial charge is 0.497 e. The van der Waals surface area contributed by atoms with Crippen molar-refractivity contribution in [2.75, 3.05) is 17.1 Å². The van der Waals surface area contributed by atoms with E-state index in [2.05, 4.69) is 0 Å². The van der Waals surface area contributed by atoms with Gasteiger partial charge in [-0.2, -0.15) is 0 Å². The van der Waals surface area contributed by atoms with E-state index >= 15 is 0 Å². The average molecular weight is 414 g/mol. The number of benzene rings is 3. The van der Waals surface area contributed by atoms with Crippen molar-refractivity contribution in [1.82, 2.24) is 0 Å². The number of methoxy groups -OCH3 is 1. The zero-order valence-corrected chi connectivity index (χ0v) is 17.3. The van der Waals surface area contributed by atoms with E-state index in [1.54, 1.807) is 36.4 Å². The summed E-state index contributed by atoms with van der Waals surface area (Å²) in [6.07, 6.45) is -0.886. The summed E-state index contributed by atoms with van der Waals surface area (Å²) in [4.78, 5) is 34.4. The van der Waals surface area contributed by atoms with Gasteiger partial charge in [0.15, 0.2) is 6.10 Å². The molecule has 2 amide bonds. The van der Waals surface area contributed by atoms with Gasteiger partial charge < -0.3 is 4.74 Å². The highest BCUT2D eigenvalue weighted by Gasteiger charge is 2.60. The van der Waals surface area contributed by atoms with Crippen molar-refractivity contribution in [2.24, 2.45) is 5.92 Å². The van der Waals surface area contributed by atoms with Crippen LogP contribution >= 0.6 is 0 Å². The second-order valence-electron chi connectivity index (χ2n) is 7.73. The molecule has 3 aromatic rings. The highest BCUT2D eigenvalue weighted by atomic mass is 16.7. The molecule has 2 aliphatic heterocycles. The van der Waals surface area contributed by atoms with Crippen LogP contribution in [-0.4, -0.2) is 25.0 Å². The monoisotopic (exact) mass is 414 g/mol. The van der Waals surface area contributed by atoms with Crippen molar-refractivity contribution >= 4 is 23.2 Å². The number of para-hydroxylation sites is 1. The van der Waals surface area contributed by atoms with Gasteiger partial charge in [-0.05, 0) is 42.3 Å². The standard InChI is InChI=1S/C25H22N2O4/c1-16-9-6-7-14-20(16)22-21-23(31-27(22)17-10-4-3-5-11-17)25(29)26(24(21)28)18-12-8-13-19(15-18)30-2/h3-15,21-23H,1-2H3/t21-,22-,23-/m0/s1. The van der Waals surface area contributed by atoms with Gasteiger partial charge in [-0.3, -0.25) is 14.4 Å². The van der Waals surface area contributed by atoms with Crippen LogP contribution in [0.5, 0.6) is 5.75 Å². The first-order chi connectivity index (χ1) is 15.1. The highest BCUT2D eigenvalue weighted by Crippen LogP contribution is 2.48. The lowest BCUT2D eigenvalue weighted by atomic mass is 9.88. The van der Waals surface area contributed by atoms with Gasteiger partial charge in [-0.1, -0.05) is 48.5 Å². The molecular formula is C25H22N2O4. The molecule has 0 unspecified atom stereocenters. The van der Waals surface area contributed by atoms with Crippen LogP contribution in [0, 0.1) is 12.8 Å². The average Bonchev–Trinajstić information content (AvgIpc) is 3.31. The Morgan fingerprint density at radius 1 is 0.839 bits per heavy atom. The first-order valence-electron chi connectivity index (χ1n) is 10.2. The molecule has 31 heavy (non-hydrogen) atoms. The van der Waals surface area contributed by atoms with Crippen molar-refractivity contribution in [3.63, 3.8) is 0 Å². The maximum atomic E-state index is 13.6. The highest BCUT2D eigenvalue weighted by molar-refractivity contribution is 6.24. The van der Waals surface area contributed by atoms with Crippen molar-refractivity contribution in [3.05, 3.63) is 90.0 Å². The second-order valence-corrected chi connectivity index (χ2v) is 7.73. The first kappa shape index (κ1) is 19.3. The number of hydrogen-bond acceptors (Lipinski definition) is 5. The van der Waals surface area contributed by atoms with Gasteiger partial charge in [0.25, 0.3) is 5.91 Å². The molecule has 2 heterocycles. The molecule has 6 nitrogen and oxygen atoms in total. The summed E-state index contributed by atoms with van der Waals surface area (Å²) in [5, 5.41) is 1.72. The summed E-state index contributed by atoms with van der Waals surface area (Å²) in [6, 6.07) is 24.0. The maximum Gasteiger partial charge on any atom is 0.266 e. The Hall–Kier alpha value is -3.64. The van der Waals surface area contributed by atoms with E-state index in [1.807, 2.05) is 61.5 Å². The maximum absolute atomic E-state index is 13.6. The number of imide groups is 1. The van der Waals surface area contributed by atoms with Crippen LogP contribution < -0.4 is 14.7 Å². The van der Waals surface area contributed by atoms with Gasteiger partial charge in [0.05, 0.1) is 24.5 Å². The number of carbonyl (C=O) groups excluding carboxylic acids is 2. The molecule has 2 fully saturated rings. The van der Waals surface area contributed by atoms with Crippen LogP contribution in [0.15, 0.2) is 78.9 Å². The molecule has 6 heteroatoms.